The van der Waals surface area contributed by atoms with Gasteiger partial charge in [-0.25, -0.2) is 12.8 Å². The Hall–Kier alpha value is -2.91. The topological polar surface area (TPSA) is 77.8 Å². The number of methoxy groups -OCH3 is 1. The van der Waals surface area contributed by atoms with Crippen LogP contribution in [-0.2, 0) is 21.1 Å². The van der Waals surface area contributed by atoms with Gasteiger partial charge in [-0.15, -0.1) is 0 Å². The molecule has 0 bridgehead atoms. The summed E-state index contributed by atoms with van der Waals surface area (Å²) in [5.74, 6) is -0.0608. The second-order valence-electron chi connectivity index (χ2n) is 7.21. The molecule has 1 fully saturated rings. The Labute approximate surface area is 179 Å². The lowest BCUT2D eigenvalue weighted by molar-refractivity contribution is 0.122. The molecule has 0 spiro atoms. The third kappa shape index (κ3) is 3.79. The number of fused-ring (bicyclic) bond motifs is 1. The van der Waals surface area contributed by atoms with Gasteiger partial charge in [0.1, 0.15) is 16.5 Å². The number of aromatic nitrogens is 1. The van der Waals surface area contributed by atoms with E-state index in [-0.39, 0.29) is 15.2 Å². The van der Waals surface area contributed by atoms with Crippen LogP contribution in [-0.4, -0.2) is 46.4 Å². The van der Waals surface area contributed by atoms with Crippen LogP contribution in [0.1, 0.15) is 6.92 Å². The van der Waals surface area contributed by atoms with E-state index in [1.807, 2.05) is 11.8 Å². The van der Waals surface area contributed by atoms with Crippen molar-refractivity contribution in [1.29, 1.82) is 0 Å². The van der Waals surface area contributed by atoms with Gasteiger partial charge in [-0.2, -0.15) is 0 Å². The van der Waals surface area contributed by atoms with Gasteiger partial charge < -0.3 is 18.9 Å². The molecule has 1 aliphatic rings. The first kappa shape index (κ1) is 21.3. The average Bonchev–Trinajstić information content (AvgIpc) is 2.79. The van der Waals surface area contributed by atoms with Crippen molar-refractivity contribution >= 4 is 26.4 Å². The van der Waals surface area contributed by atoms with Gasteiger partial charge in [0.05, 0.1) is 41.8 Å². The van der Waals surface area contributed by atoms with E-state index in [9.17, 15) is 17.6 Å². The number of benzene rings is 2. The first-order chi connectivity index (χ1) is 14.9. The zero-order valence-electron chi connectivity index (χ0n) is 17.3. The third-order valence-corrected chi connectivity index (χ3v) is 7.23. The molecular weight excluding hydrogens is 423 g/mol. The Morgan fingerprint density at radius 3 is 2.42 bits per heavy atom. The van der Waals surface area contributed by atoms with Crippen LogP contribution in [0.2, 0.25) is 0 Å². The standard InChI is InChI=1S/C22H23FN2O5S/c1-3-24-14-21(31(27,28)16-6-4-15(29-2)5-7-16)22(26)17-12-18(23)20(13-19(17)24)25-8-10-30-11-9-25/h4-7,12-14H,3,8-11H2,1-2H3. The second kappa shape index (κ2) is 8.32. The Morgan fingerprint density at radius 1 is 1.13 bits per heavy atom. The number of sulfone groups is 1. The molecule has 2 heterocycles. The summed E-state index contributed by atoms with van der Waals surface area (Å²) in [6.45, 7) is 4.33. The number of aryl methyl sites for hydroxylation is 1. The van der Waals surface area contributed by atoms with Crippen molar-refractivity contribution in [2.75, 3.05) is 38.3 Å². The highest BCUT2D eigenvalue weighted by Gasteiger charge is 2.25. The maximum atomic E-state index is 15.0. The van der Waals surface area contributed by atoms with Crippen molar-refractivity contribution in [3.63, 3.8) is 0 Å². The predicted octanol–water partition coefficient (Wildman–Crippen LogP) is 2.84. The number of ether oxygens (including phenoxy) is 2. The van der Waals surface area contributed by atoms with Crippen LogP contribution in [0, 0.1) is 5.82 Å². The highest BCUT2D eigenvalue weighted by atomic mass is 32.2. The van der Waals surface area contributed by atoms with Gasteiger partial charge in [0.25, 0.3) is 0 Å². The van der Waals surface area contributed by atoms with Gasteiger partial charge in [0, 0.05) is 25.8 Å². The quantitative estimate of drug-likeness (QED) is 0.600. The fraction of sp³-hybridized carbons (Fsp3) is 0.318. The van der Waals surface area contributed by atoms with E-state index in [4.69, 9.17) is 9.47 Å². The van der Waals surface area contributed by atoms with E-state index in [1.165, 1.54) is 37.6 Å². The van der Waals surface area contributed by atoms with Gasteiger partial charge in [-0.1, -0.05) is 0 Å². The Bertz CT molecular complexity index is 1280. The number of halogens is 1. The highest BCUT2D eigenvalue weighted by molar-refractivity contribution is 7.91. The number of hydrogen-bond donors (Lipinski definition) is 0. The fourth-order valence-corrected chi connectivity index (χ4v) is 5.12. The lowest BCUT2D eigenvalue weighted by atomic mass is 10.1. The van der Waals surface area contributed by atoms with Gasteiger partial charge in [-0.05, 0) is 43.3 Å². The summed E-state index contributed by atoms with van der Waals surface area (Å²) in [4.78, 5) is 14.6. The van der Waals surface area contributed by atoms with Gasteiger partial charge in [-0.3, -0.25) is 4.79 Å². The largest absolute Gasteiger partial charge is 0.497 e. The summed E-state index contributed by atoms with van der Waals surface area (Å²) in [6, 6.07) is 8.56. The third-order valence-electron chi connectivity index (χ3n) is 5.47. The Balaban J connectivity index is 1.89. The van der Waals surface area contributed by atoms with Crippen LogP contribution in [0.4, 0.5) is 10.1 Å². The molecule has 1 aromatic heterocycles. The van der Waals surface area contributed by atoms with Gasteiger partial charge in [0.15, 0.2) is 0 Å². The number of nitrogens with zero attached hydrogens (tertiary/aromatic N) is 2. The normalized spacial score (nSPS) is 14.7. The summed E-state index contributed by atoms with van der Waals surface area (Å²) in [5.41, 5.74) is 0.148. The van der Waals surface area contributed by atoms with E-state index in [0.717, 1.165) is 6.07 Å². The average molecular weight is 447 g/mol. The van der Waals surface area contributed by atoms with Crippen molar-refractivity contribution < 1.29 is 22.3 Å². The van der Waals surface area contributed by atoms with Crippen molar-refractivity contribution in [2.24, 2.45) is 0 Å². The summed E-state index contributed by atoms with van der Waals surface area (Å²) < 4.78 is 53.4. The SMILES string of the molecule is CCn1cc(S(=O)(=O)c2ccc(OC)cc2)c(=O)c2cc(F)c(N3CCOCC3)cc21. The molecule has 2 aromatic carbocycles. The number of rotatable bonds is 5. The highest BCUT2D eigenvalue weighted by Crippen LogP contribution is 2.28. The maximum Gasteiger partial charge on any atom is 0.211 e. The van der Waals surface area contributed by atoms with Crippen LogP contribution in [0.15, 0.2) is 57.2 Å². The molecule has 0 atom stereocenters. The molecule has 31 heavy (non-hydrogen) atoms. The molecule has 0 aliphatic carbocycles. The molecule has 1 aliphatic heterocycles. The molecule has 7 nitrogen and oxygen atoms in total. The number of pyridine rings is 1. The van der Waals surface area contributed by atoms with Gasteiger partial charge in [0.2, 0.25) is 15.3 Å². The van der Waals surface area contributed by atoms with Gasteiger partial charge >= 0.3 is 0 Å². The second-order valence-corrected chi connectivity index (χ2v) is 9.13. The van der Waals surface area contributed by atoms with Crippen LogP contribution < -0.4 is 15.1 Å². The van der Waals surface area contributed by atoms with Crippen molar-refractivity contribution in [3.8, 4) is 5.75 Å². The minimum absolute atomic E-state index is 0.0298. The van der Waals surface area contributed by atoms with Crippen LogP contribution in [0.25, 0.3) is 10.9 Å². The summed E-state index contributed by atoms with van der Waals surface area (Å²) in [6.07, 6.45) is 1.34. The minimum atomic E-state index is -4.10. The molecule has 0 unspecified atom stereocenters. The maximum absolute atomic E-state index is 15.0. The van der Waals surface area contributed by atoms with Crippen LogP contribution in [0.5, 0.6) is 5.75 Å². The fourth-order valence-electron chi connectivity index (χ4n) is 3.75. The molecule has 0 amide bonds. The first-order valence-corrected chi connectivity index (χ1v) is 11.4. The minimum Gasteiger partial charge on any atom is -0.497 e. The van der Waals surface area contributed by atoms with E-state index in [2.05, 4.69) is 0 Å². The summed E-state index contributed by atoms with van der Waals surface area (Å²) >= 11 is 0. The molecule has 3 aromatic rings. The smallest absolute Gasteiger partial charge is 0.211 e. The molecule has 164 valence electrons. The predicted molar refractivity (Wildman–Crippen MR) is 115 cm³/mol. The zero-order valence-corrected chi connectivity index (χ0v) is 18.1. The van der Waals surface area contributed by atoms with Crippen LogP contribution in [0.3, 0.4) is 0 Å². The van der Waals surface area contributed by atoms with E-state index < -0.39 is 21.1 Å². The Kier molecular flexibility index (Phi) is 5.72. The molecule has 9 heteroatoms. The van der Waals surface area contributed by atoms with Crippen molar-refractivity contribution in [1.82, 2.24) is 4.57 Å². The lowest BCUT2D eigenvalue weighted by Crippen LogP contribution is -2.36. The molecular formula is C22H23FN2O5S. The number of hydrogen-bond acceptors (Lipinski definition) is 6. The summed E-state index contributed by atoms with van der Waals surface area (Å²) in [5, 5.41) is 0.0333. The lowest BCUT2D eigenvalue weighted by Gasteiger charge is -2.29. The van der Waals surface area contributed by atoms with Crippen molar-refractivity contribution in [2.45, 2.75) is 23.3 Å². The van der Waals surface area contributed by atoms with Crippen molar-refractivity contribution in [3.05, 3.63) is 58.6 Å². The first-order valence-electron chi connectivity index (χ1n) is 9.95. The molecule has 0 radical (unpaired) electrons. The zero-order chi connectivity index (χ0) is 22.2. The molecule has 1 saturated heterocycles. The number of morpholine rings is 1. The van der Waals surface area contributed by atoms with E-state index in [1.54, 1.807) is 10.6 Å². The van der Waals surface area contributed by atoms with E-state index >= 15 is 0 Å². The van der Waals surface area contributed by atoms with Crippen LogP contribution >= 0.6 is 0 Å². The van der Waals surface area contributed by atoms with E-state index in [0.29, 0.717) is 49.8 Å². The monoisotopic (exact) mass is 446 g/mol. The summed E-state index contributed by atoms with van der Waals surface area (Å²) in [7, 11) is -2.62. The molecule has 0 saturated carbocycles. The molecule has 0 N–H and O–H groups in total. The number of anilines is 1. The Morgan fingerprint density at radius 2 is 1.81 bits per heavy atom. The molecule has 4 rings (SSSR count).